The van der Waals surface area contributed by atoms with E-state index in [9.17, 15) is 4.79 Å². The fourth-order valence-corrected chi connectivity index (χ4v) is 3.46. The molecule has 0 radical (unpaired) electrons. The van der Waals surface area contributed by atoms with Crippen LogP contribution in [-0.2, 0) is 0 Å². The minimum absolute atomic E-state index is 0.128. The van der Waals surface area contributed by atoms with Crippen LogP contribution < -0.4 is 0 Å². The van der Waals surface area contributed by atoms with Crippen LogP contribution >= 0.6 is 11.8 Å². The van der Waals surface area contributed by atoms with Crippen molar-refractivity contribution in [1.82, 2.24) is 14.6 Å². The van der Waals surface area contributed by atoms with Crippen LogP contribution in [0.3, 0.4) is 0 Å². The first-order chi connectivity index (χ1) is 11.0. The summed E-state index contributed by atoms with van der Waals surface area (Å²) in [5, 5.41) is 8.84. The van der Waals surface area contributed by atoms with E-state index in [1.807, 2.05) is 55.6 Å². The van der Waals surface area contributed by atoms with Gasteiger partial charge in [-0.05, 0) is 62.6 Å². The number of aromatic nitrogens is 3. The first kappa shape index (κ1) is 15.7. The van der Waals surface area contributed by atoms with E-state index in [4.69, 9.17) is 0 Å². The topological polar surface area (TPSA) is 47.3 Å². The van der Waals surface area contributed by atoms with Gasteiger partial charge < -0.3 is 0 Å². The van der Waals surface area contributed by atoms with Crippen LogP contribution in [0.5, 0.6) is 0 Å². The average Bonchev–Trinajstić information content (AvgIpc) is 2.93. The number of rotatable bonds is 4. The molecule has 2 heterocycles. The number of fused-ring (bicyclic) bond motifs is 1. The maximum atomic E-state index is 12.8. The van der Waals surface area contributed by atoms with E-state index in [1.54, 1.807) is 0 Å². The fraction of sp³-hybridized carbons (Fsp3) is 0.278. The molecule has 0 bridgehead atoms. The molecule has 118 valence electrons. The molecule has 5 heteroatoms. The summed E-state index contributed by atoms with van der Waals surface area (Å²) in [7, 11) is 0. The number of aryl methyl sites for hydroxylation is 3. The first-order valence-electron chi connectivity index (χ1n) is 7.56. The number of ketones is 1. The van der Waals surface area contributed by atoms with Gasteiger partial charge in [0.2, 0.25) is 0 Å². The summed E-state index contributed by atoms with van der Waals surface area (Å²) in [6, 6.07) is 9.82. The minimum atomic E-state index is -0.219. The van der Waals surface area contributed by atoms with Gasteiger partial charge >= 0.3 is 0 Å². The Kier molecular flexibility index (Phi) is 4.22. The van der Waals surface area contributed by atoms with Crippen molar-refractivity contribution >= 4 is 23.2 Å². The van der Waals surface area contributed by atoms with E-state index in [1.165, 1.54) is 17.3 Å². The van der Waals surface area contributed by atoms with Crippen LogP contribution in [0.4, 0.5) is 0 Å². The van der Waals surface area contributed by atoms with E-state index in [0.29, 0.717) is 0 Å². The van der Waals surface area contributed by atoms with Crippen LogP contribution in [-0.4, -0.2) is 25.6 Å². The molecule has 4 nitrogen and oxygen atoms in total. The molecule has 0 aliphatic heterocycles. The Balaban J connectivity index is 1.87. The second kappa shape index (κ2) is 6.16. The summed E-state index contributed by atoms with van der Waals surface area (Å²) in [5.74, 6) is 0.128. The summed E-state index contributed by atoms with van der Waals surface area (Å²) >= 11 is 1.44. The van der Waals surface area contributed by atoms with E-state index in [0.717, 1.165) is 27.5 Å². The molecule has 0 N–H and O–H groups in total. The molecule has 23 heavy (non-hydrogen) atoms. The number of Topliss-reactive ketones (excluding diaryl/α,β-unsaturated/α-hetero) is 1. The summed E-state index contributed by atoms with van der Waals surface area (Å²) in [6.45, 7) is 8.02. The Hall–Kier alpha value is -2.14. The molecule has 1 aromatic carbocycles. The van der Waals surface area contributed by atoms with Crippen molar-refractivity contribution in [2.24, 2.45) is 0 Å². The zero-order valence-electron chi connectivity index (χ0n) is 13.7. The number of benzene rings is 1. The molecular formula is C18H19N3OS. The van der Waals surface area contributed by atoms with Gasteiger partial charge in [-0.2, -0.15) is 0 Å². The smallest absolute Gasteiger partial charge is 0.196 e. The normalized spacial score (nSPS) is 12.5. The molecule has 1 atom stereocenters. The van der Waals surface area contributed by atoms with Crippen molar-refractivity contribution in [2.75, 3.05) is 0 Å². The van der Waals surface area contributed by atoms with Crippen LogP contribution in [0.2, 0.25) is 0 Å². The highest BCUT2D eigenvalue weighted by Crippen LogP contribution is 2.26. The maximum absolute atomic E-state index is 12.8. The largest absolute Gasteiger partial charge is 0.293 e. The van der Waals surface area contributed by atoms with E-state index < -0.39 is 0 Å². The highest BCUT2D eigenvalue weighted by Gasteiger charge is 2.21. The Bertz CT molecular complexity index is 885. The first-order valence-corrected chi connectivity index (χ1v) is 8.44. The molecule has 3 rings (SSSR count). The zero-order valence-corrected chi connectivity index (χ0v) is 14.5. The van der Waals surface area contributed by atoms with Crippen LogP contribution in [0, 0.1) is 20.8 Å². The lowest BCUT2D eigenvalue weighted by Gasteiger charge is -2.13. The number of pyridine rings is 1. The van der Waals surface area contributed by atoms with E-state index >= 15 is 0 Å². The quantitative estimate of drug-likeness (QED) is 0.537. The van der Waals surface area contributed by atoms with Crippen molar-refractivity contribution in [3.8, 4) is 0 Å². The highest BCUT2D eigenvalue weighted by atomic mass is 32.2. The number of carbonyl (C=O) groups is 1. The van der Waals surface area contributed by atoms with Crippen LogP contribution in [0.25, 0.3) is 5.65 Å². The van der Waals surface area contributed by atoms with Crippen molar-refractivity contribution in [3.05, 3.63) is 58.8 Å². The zero-order chi connectivity index (χ0) is 16.6. The third-order valence-electron chi connectivity index (χ3n) is 4.04. The number of thioether (sulfide) groups is 1. The van der Waals surface area contributed by atoms with Gasteiger partial charge in [0.15, 0.2) is 16.6 Å². The molecule has 1 unspecified atom stereocenters. The Morgan fingerprint density at radius 1 is 1.09 bits per heavy atom. The molecule has 0 spiro atoms. The lowest BCUT2D eigenvalue weighted by molar-refractivity contribution is 0.0993. The van der Waals surface area contributed by atoms with Gasteiger partial charge in [0.25, 0.3) is 0 Å². The van der Waals surface area contributed by atoms with Gasteiger partial charge in [-0.3, -0.25) is 9.20 Å². The van der Waals surface area contributed by atoms with Gasteiger partial charge in [0.05, 0.1) is 5.25 Å². The van der Waals surface area contributed by atoms with E-state index in [2.05, 4.69) is 23.2 Å². The lowest BCUT2D eigenvalue weighted by atomic mass is 9.97. The molecule has 0 fully saturated rings. The summed E-state index contributed by atoms with van der Waals surface area (Å²) in [4.78, 5) is 12.8. The summed E-state index contributed by atoms with van der Waals surface area (Å²) in [5.41, 5.74) is 4.96. The summed E-state index contributed by atoms with van der Waals surface area (Å²) < 4.78 is 1.90. The molecule has 3 aromatic rings. The lowest BCUT2D eigenvalue weighted by Crippen LogP contribution is -2.16. The fourth-order valence-electron chi connectivity index (χ4n) is 2.56. The SMILES string of the molecule is Cc1cc(C)c(C(=O)C(C)Sc2nnc3ccccn23)cc1C. The number of carbonyl (C=O) groups excluding carboxylic acids is 1. The van der Waals surface area contributed by atoms with Gasteiger partial charge in [0, 0.05) is 11.8 Å². The molecule has 0 aliphatic rings. The third kappa shape index (κ3) is 3.01. The predicted octanol–water partition coefficient (Wildman–Crippen LogP) is 4.02. The van der Waals surface area contributed by atoms with Crippen molar-refractivity contribution in [3.63, 3.8) is 0 Å². The van der Waals surface area contributed by atoms with Crippen molar-refractivity contribution in [1.29, 1.82) is 0 Å². The number of hydrogen-bond donors (Lipinski definition) is 0. The number of nitrogens with zero attached hydrogens (tertiary/aromatic N) is 3. The number of hydrogen-bond acceptors (Lipinski definition) is 4. The van der Waals surface area contributed by atoms with Gasteiger partial charge in [0.1, 0.15) is 0 Å². The second-order valence-corrected chi connectivity index (χ2v) is 7.10. The standard InChI is InChI=1S/C18H19N3OS/c1-11-9-13(3)15(10-12(11)2)17(22)14(4)23-18-20-19-16-7-5-6-8-21(16)18/h5-10,14H,1-4H3. The highest BCUT2D eigenvalue weighted by molar-refractivity contribution is 8.00. The minimum Gasteiger partial charge on any atom is -0.293 e. The molecular weight excluding hydrogens is 306 g/mol. The molecule has 0 saturated carbocycles. The monoisotopic (exact) mass is 325 g/mol. The maximum Gasteiger partial charge on any atom is 0.196 e. The van der Waals surface area contributed by atoms with Gasteiger partial charge in [-0.1, -0.05) is 23.9 Å². The van der Waals surface area contributed by atoms with Crippen LogP contribution in [0.1, 0.15) is 34.0 Å². The van der Waals surface area contributed by atoms with Crippen molar-refractivity contribution < 1.29 is 4.79 Å². The van der Waals surface area contributed by atoms with Crippen LogP contribution in [0.15, 0.2) is 41.7 Å². The summed E-state index contributed by atoms with van der Waals surface area (Å²) in [6.07, 6.45) is 1.91. The van der Waals surface area contributed by atoms with Gasteiger partial charge in [-0.25, -0.2) is 0 Å². The van der Waals surface area contributed by atoms with Crippen molar-refractivity contribution in [2.45, 2.75) is 38.1 Å². The Morgan fingerprint density at radius 2 is 1.83 bits per heavy atom. The van der Waals surface area contributed by atoms with E-state index in [-0.39, 0.29) is 11.0 Å². The molecule has 2 aromatic heterocycles. The molecule has 0 aliphatic carbocycles. The average molecular weight is 325 g/mol. The Morgan fingerprint density at radius 3 is 2.61 bits per heavy atom. The Labute approximate surface area is 139 Å². The third-order valence-corrected chi connectivity index (χ3v) is 5.10. The predicted molar refractivity (Wildman–Crippen MR) is 93.3 cm³/mol. The van der Waals surface area contributed by atoms with Gasteiger partial charge in [-0.15, -0.1) is 10.2 Å². The molecule has 0 saturated heterocycles. The second-order valence-electron chi connectivity index (χ2n) is 5.79. The molecule has 0 amide bonds.